The van der Waals surface area contributed by atoms with Crippen LogP contribution in [-0.4, -0.2) is 29.7 Å². The van der Waals surface area contributed by atoms with Crippen molar-refractivity contribution in [1.82, 2.24) is 9.97 Å². The fourth-order valence-electron chi connectivity index (χ4n) is 3.61. The molecule has 28 heavy (non-hydrogen) atoms. The third-order valence-corrected chi connectivity index (χ3v) is 5.25. The molecule has 4 rings (SSSR count). The van der Waals surface area contributed by atoms with Gasteiger partial charge in [0.05, 0.1) is 23.6 Å². The summed E-state index contributed by atoms with van der Waals surface area (Å²) in [6.45, 7) is 7.90. The summed E-state index contributed by atoms with van der Waals surface area (Å²) >= 11 is 0. The average molecular weight is 377 g/mol. The van der Waals surface area contributed by atoms with Crippen molar-refractivity contribution in [3.05, 3.63) is 48.3 Å². The van der Waals surface area contributed by atoms with E-state index in [0.29, 0.717) is 6.54 Å². The van der Waals surface area contributed by atoms with Gasteiger partial charge in [0, 0.05) is 30.7 Å². The molecule has 0 atom stereocenters. The highest BCUT2D eigenvalue weighted by Gasteiger charge is 2.19. The standard InChI is InChI=1S/C22H28N6/c1-3-5-10-23-18-9-7-6-8-16(18)13-24-22-17-11-20-21(28(4-2)15-27-20)12-19(17)25-14-26-22/h6-9,11-12,14,23,27H,3-5,10,13,15H2,1-2H3,(H,24,25,26). The predicted octanol–water partition coefficient (Wildman–Crippen LogP) is 4.66. The summed E-state index contributed by atoms with van der Waals surface area (Å²) in [6.07, 6.45) is 4.00. The number of hydrogen-bond donors (Lipinski definition) is 3. The summed E-state index contributed by atoms with van der Waals surface area (Å²) in [7, 11) is 0. The summed E-state index contributed by atoms with van der Waals surface area (Å²) in [5.74, 6) is 0.868. The Balaban J connectivity index is 1.56. The van der Waals surface area contributed by atoms with Gasteiger partial charge in [-0.15, -0.1) is 0 Å². The molecule has 0 bridgehead atoms. The zero-order chi connectivity index (χ0) is 19.3. The lowest BCUT2D eigenvalue weighted by atomic mass is 10.1. The van der Waals surface area contributed by atoms with Crippen molar-refractivity contribution in [2.45, 2.75) is 33.2 Å². The van der Waals surface area contributed by atoms with Gasteiger partial charge in [-0.3, -0.25) is 0 Å². The highest BCUT2D eigenvalue weighted by molar-refractivity contribution is 5.97. The van der Waals surface area contributed by atoms with Gasteiger partial charge < -0.3 is 20.9 Å². The van der Waals surface area contributed by atoms with Gasteiger partial charge in [0.1, 0.15) is 12.1 Å². The molecule has 0 saturated carbocycles. The molecule has 146 valence electrons. The molecule has 0 fully saturated rings. The molecule has 0 aliphatic carbocycles. The first kappa shape index (κ1) is 18.3. The van der Waals surface area contributed by atoms with Crippen LogP contribution in [0.3, 0.4) is 0 Å². The third-order valence-electron chi connectivity index (χ3n) is 5.25. The fourth-order valence-corrected chi connectivity index (χ4v) is 3.61. The molecule has 1 aromatic heterocycles. The summed E-state index contributed by atoms with van der Waals surface area (Å²) in [5, 5.41) is 11.6. The molecule has 6 nitrogen and oxygen atoms in total. The molecule has 0 spiro atoms. The zero-order valence-electron chi connectivity index (χ0n) is 16.6. The molecule has 0 amide bonds. The smallest absolute Gasteiger partial charge is 0.137 e. The van der Waals surface area contributed by atoms with E-state index in [9.17, 15) is 0 Å². The molecule has 2 heterocycles. The van der Waals surface area contributed by atoms with Crippen molar-refractivity contribution >= 4 is 33.8 Å². The van der Waals surface area contributed by atoms with Crippen molar-refractivity contribution in [2.75, 3.05) is 40.6 Å². The van der Waals surface area contributed by atoms with Crippen LogP contribution in [0, 0.1) is 0 Å². The molecule has 1 aliphatic heterocycles. The Morgan fingerprint density at radius 2 is 2.00 bits per heavy atom. The molecular formula is C22H28N6. The van der Waals surface area contributed by atoms with Crippen molar-refractivity contribution in [3.63, 3.8) is 0 Å². The van der Waals surface area contributed by atoms with Gasteiger partial charge in [0.15, 0.2) is 0 Å². The minimum Gasteiger partial charge on any atom is -0.385 e. The summed E-state index contributed by atoms with van der Waals surface area (Å²) in [6, 6.07) is 12.8. The molecular weight excluding hydrogens is 348 g/mol. The van der Waals surface area contributed by atoms with E-state index in [1.807, 2.05) is 0 Å². The van der Waals surface area contributed by atoms with Gasteiger partial charge in [0.25, 0.3) is 0 Å². The van der Waals surface area contributed by atoms with Crippen molar-refractivity contribution in [2.24, 2.45) is 0 Å². The minimum atomic E-state index is 0.715. The highest BCUT2D eigenvalue weighted by Crippen LogP contribution is 2.36. The monoisotopic (exact) mass is 376 g/mol. The van der Waals surface area contributed by atoms with Crippen LogP contribution in [0.25, 0.3) is 10.9 Å². The third kappa shape index (κ3) is 3.67. The molecule has 0 radical (unpaired) electrons. The van der Waals surface area contributed by atoms with E-state index in [4.69, 9.17) is 0 Å². The topological polar surface area (TPSA) is 65.1 Å². The van der Waals surface area contributed by atoms with Gasteiger partial charge in [0.2, 0.25) is 0 Å². The Kier molecular flexibility index (Phi) is 5.46. The molecule has 3 aromatic rings. The van der Waals surface area contributed by atoms with Crippen LogP contribution >= 0.6 is 0 Å². The van der Waals surface area contributed by atoms with Gasteiger partial charge in [-0.05, 0) is 37.1 Å². The lowest BCUT2D eigenvalue weighted by molar-refractivity contribution is 0.833. The number of hydrogen-bond acceptors (Lipinski definition) is 6. The lowest BCUT2D eigenvalue weighted by Gasteiger charge is -2.16. The van der Waals surface area contributed by atoms with Crippen LogP contribution in [0.2, 0.25) is 0 Å². The average Bonchev–Trinajstić information content (AvgIpc) is 3.13. The van der Waals surface area contributed by atoms with E-state index in [1.165, 1.54) is 29.8 Å². The number of nitrogens with zero attached hydrogens (tertiary/aromatic N) is 3. The van der Waals surface area contributed by atoms with Crippen LogP contribution in [0.4, 0.5) is 22.9 Å². The highest BCUT2D eigenvalue weighted by atomic mass is 15.3. The lowest BCUT2D eigenvalue weighted by Crippen LogP contribution is -2.21. The fraction of sp³-hybridized carbons (Fsp3) is 0.364. The first-order valence-corrected chi connectivity index (χ1v) is 10.1. The van der Waals surface area contributed by atoms with E-state index >= 15 is 0 Å². The SMILES string of the molecule is CCCCNc1ccccc1CNc1ncnc2cc3c(cc12)NCN3CC. The zero-order valence-corrected chi connectivity index (χ0v) is 16.6. The number of anilines is 4. The Labute approximate surface area is 166 Å². The molecule has 0 saturated heterocycles. The quantitative estimate of drug-likeness (QED) is 0.497. The van der Waals surface area contributed by atoms with E-state index in [-0.39, 0.29) is 0 Å². The van der Waals surface area contributed by atoms with Crippen LogP contribution in [0.1, 0.15) is 32.3 Å². The number of aromatic nitrogens is 2. The molecule has 1 aliphatic rings. The number of rotatable bonds is 8. The van der Waals surface area contributed by atoms with Crippen molar-refractivity contribution in [1.29, 1.82) is 0 Å². The van der Waals surface area contributed by atoms with E-state index in [2.05, 4.69) is 81.1 Å². The second-order valence-corrected chi connectivity index (χ2v) is 7.09. The van der Waals surface area contributed by atoms with Crippen LogP contribution in [0.15, 0.2) is 42.7 Å². The number of benzene rings is 2. The maximum Gasteiger partial charge on any atom is 0.137 e. The van der Waals surface area contributed by atoms with Gasteiger partial charge in [-0.2, -0.15) is 0 Å². The van der Waals surface area contributed by atoms with E-state index in [0.717, 1.165) is 42.2 Å². The first-order valence-electron chi connectivity index (χ1n) is 10.1. The van der Waals surface area contributed by atoms with Crippen molar-refractivity contribution in [3.8, 4) is 0 Å². The normalized spacial score (nSPS) is 12.7. The van der Waals surface area contributed by atoms with E-state index < -0.39 is 0 Å². The Hall–Kier alpha value is -3.02. The van der Waals surface area contributed by atoms with E-state index in [1.54, 1.807) is 6.33 Å². The Morgan fingerprint density at radius 1 is 1.11 bits per heavy atom. The van der Waals surface area contributed by atoms with Gasteiger partial charge in [-0.1, -0.05) is 31.5 Å². The number of nitrogens with one attached hydrogen (secondary N) is 3. The Bertz CT molecular complexity index is 955. The molecule has 2 aromatic carbocycles. The maximum atomic E-state index is 4.51. The largest absolute Gasteiger partial charge is 0.385 e. The summed E-state index contributed by atoms with van der Waals surface area (Å²) in [5.41, 5.74) is 5.75. The predicted molar refractivity (Wildman–Crippen MR) is 118 cm³/mol. The summed E-state index contributed by atoms with van der Waals surface area (Å²) in [4.78, 5) is 11.3. The number of fused-ring (bicyclic) bond motifs is 2. The Morgan fingerprint density at radius 3 is 2.86 bits per heavy atom. The van der Waals surface area contributed by atoms with Crippen LogP contribution in [0.5, 0.6) is 0 Å². The number of unbranched alkanes of at least 4 members (excludes halogenated alkanes) is 1. The maximum absolute atomic E-state index is 4.51. The second kappa shape index (κ2) is 8.33. The van der Waals surface area contributed by atoms with Gasteiger partial charge in [-0.25, -0.2) is 9.97 Å². The molecule has 6 heteroatoms. The van der Waals surface area contributed by atoms with Crippen LogP contribution in [-0.2, 0) is 6.54 Å². The second-order valence-electron chi connectivity index (χ2n) is 7.09. The van der Waals surface area contributed by atoms with Crippen LogP contribution < -0.4 is 20.9 Å². The first-order chi connectivity index (χ1) is 13.8. The molecule has 3 N–H and O–H groups in total. The van der Waals surface area contributed by atoms with Crippen molar-refractivity contribution < 1.29 is 0 Å². The minimum absolute atomic E-state index is 0.715. The number of para-hydroxylation sites is 1. The molecule has 0 unspecified atom stereocenters. The summed E-state index contributed by atoms with van der Waals surface area (Å²) < 4.78 is 0. The van der Waals surface area contributed by atoms with Gasteiger partial charge >= 0.3 is 0 Å².